The Balaban J connectivity index is 1.38. The molecule has 4 rings (SSSR count). The highest BCUT2D eigenvalue weighted by Crippen LogP contribution is 2.49. The van der Waals surface area contributed by atoms with Gasteiger partial charge in [-0.1, -0.05) is 55.4 Å². The SMILES string of the molecule is CCCCc1ccc(CCC2CCC(c3ccc4c(c3)SC(C)(C)O4)N2CO)cc1. The average molecular weight is 426 g/mol. The van der Waals surface area contributed by atoms with Gasteiger partial charge in [-0.15, -0.1) is 0 Å². The minimum atomic E-state index is -0.193. The quantitative estimate of drug-likeness (QED) is 0.535. The number of ether oxygens (including phenoxy) is 1. The number of unbranched alkanes of at least 4 members (excludes halogenated alkanes) is 1. The summed E-state index contributed by atoms with van der Waals surface area (Å²) >= 11 is 1.79. The third-order valence-electron chi connectivity index (χ3n) is 6.48. The van der Waals surface area contributed by atoms with E-state index in [1.54, 1.807) is 11.8 Å². The van der Waals surface area contributed by atoms with Gasteiger partial charge in [0.2, 0.25) is 0 Å². The number of hydrogen-bond acceptors (Lipinski definition) is 4. The summed E-state index contributed by atoms with van der Waals surface area (Å²) in [6.07, 6.45) is 8.11. The van der Waals surface area contributed by atoms with Crippen LogP contribution in [-0.4, -0.2) is 27.7 Å². The van der Waals surface area contributed by atoms with Gasteiger partial charge in [-0.3, -0.25) is 4.90 Å². The second kappa shape index (κ2) is 9.33. The second-order valence-electron chi connectivity index (χ2n) is 9.17. The zero-order valence-electron chi connectivity index (χ0n) is 18.6. The number of rotatable bonds is 8. The van der Waals surface area contributed by atoms with Gasteiger partial charge in [-0.05, 0) is 81.2 Å². The molecule has 1 N–H and O–H groups in total. The lowest BCUT2D eigenvalue weighted by atomic mass is 10.0. The van der Waals surface area contributed by atoms with Crippen LogP contribution in [0.1, 0.15) is 75.6 Å². The van der Waals surface area contributed by atoms with Crippen molar-refractivity contribution in [2.45, 2.75) is 87.6 Å². The lowest BCUT2D eigenvalue weighted by molar-refractivity contribution is 0.0596. The standard InChI is InChI=1S/C26H35NO2S/c1-4-5-6-19-7-9-20(10-8-19)11-13-22-14-15-23(27(22)18-28)21-12-16-24-25(17-21)30-26(2,3)29-24/h7-10,12,16-17,22-23,28H,4-6,11,13-15,18H2,1-3H3. The van der Waals surface area contributed by atoms with E-state index in [1.165, 1.54) is 40.8 Å². The first-order valence-electron chi connectivity index (χ1n) is 11.5. The molecule has 0 radical (unpaired) electrons. The Morgan fingerprint density at radius 2 is 1.80 bits per heavy atom. The second-order valence-corrected chi connectivity index (χ2v) is 10.8. The van der Waals surface area contributed by atoms with E-state index < -0.39 is 0 Å². The van der Waals surface area contributed by atoms with E-state index >= 15 is 0 Å². The molecular formula is C26H35NO2S. The fourth-order valence-corrected chi connectivity index (χ4v) is 5.92. The Labute approximate surface area is 185 Å². The zero-order valence-corrected chi connectivity index (χ0v) is 19.4. The molecule has 1 fully saturated rings. The number of likely N-dealkylation sites (tertiary alicyclic amines) is 1. The van der Waals surface area contributed by atoms with Crippen LogP contribution in [0.2, 0.25) is 0 Å². The Bertz CT molecular complexity index is 849. The fraction of sp³-hybridized carbons (Fsp3) is 0.538. The van der Waals surface area contributed by atoms with Gasteiger partial charge in [0.1, 0.15) is 5.75 Å². The van der Waals surface area contributed by atoms with Crippen molar-refractivity contribution in [2.75, 3.05) is 6.73 Å². The first-order chi connectivity index (χ1) is 14.5. The molecule has 2 aliphatic heterocycles. The lowest BCUT2D eigenvalue weighted by Gasteiger charge is -2.28. The highest BCUT2D eigenvalue weighted by Gasteiger charge is 2.36. The van der Waals surface area contributed by atoms with Crippen LogP contribution in [0, 0.1) is 0 Å². The smallest absolute Gasteiger partial charge is 0.153 e. The number of aliphatic hydroxyl groups is 1. The molecule has 30 heavy (non-hydrogen) atoms. The average Bonchev–Trinajstić information content (AvgIpc) is 3.29. The summed E-state index contributed by atoms with van der Waals surface area (Å²) in [4.78, 5) is 3.33. The minimum absolute atomic E-state index is 0.123. The normalized spacial score (nSPS) is 22.8. The van der Waals surface area contributed by atoms with Crippen LogP contribution in [-0.2, 0) is 12.8 Å². The minimum Gasteiger partial charge on any atom is -0.476 e. The van der Waals surface area contributed by atoms with Gasteiger partial charge in [0, 0.05) is 12.1 Å². The zero-order chi connectivity index (χ0) is 21.1. The monoisotopic (exact) mass is 425 g/mol. The van der Waals surface area contributed by atoms with E-state index in [9.17, 15) is 5.11 Å². The van der Waals surface area contributed by atoms with Crippen LogP contribution in [0.15, 0.2) is 47.4 Å². The molecule has 2 aromatic rings. The molecule has 0 aliphatic carbocycles. The molecule has 0 saturated carbocycles. The predicted molar refractivity (Wildman–Crippen MR) is 125 cm³/mol. The molecule has 0 spiro atoms. The summed E-state index contributed by atoms with van der Waals surface area (Å²) in [6, 6.07) is 16.5. The van der Waals surface area contributed by atoms with Crippen molar-refractivity contribution in [3.8, 4) is 5.75 Å². The molecule has 0 aromatic heterocycles. The molecule has 4 heteroatoms. The molecule has 3 nitrogen and oxygen atoms in total. The summed E-state index contributed by atoms with van der Waals surface area (Å²) in [6.45, 7) is 6.59. The molecular weight excluding hydrogens is 390 g/mol. The first-order valence-corrected chi connectivity index (χ1v) is 12.3. The summed E-state index contributed by atoms with van der Waals surface area (Å²) in [5.41, 5.74) is 4.16. The van der Waals surface area contributed by atoms with E-state index in [0.29, 0.717) is 12.1 Å². The molecule has 2 heterocycles. The van der Waals surface area contributed by atoms with E-state index in [2.05, 4.69) is 68.1 Å². The highest BCUT2D eigenvalue weighted by atomic mass is 32.2. The van der Waals surface area contributed by atoms with Crippen LogP contribution < -0.4 is 4.74 Å². The summed E-state index contributed by atoms with van der Waals surface area (Å²) < 4.78 is 6.00. The third-order valence-corrected chi connectivity index (χ3v) is 7.59. The number of thioether (sulfide) groups is 1. The number of fused-ring (bicyclic) bond motifs is 1. The molecule has 0 amide bonds. The van der Waals surface area contributed by atoms with Crippen molar-refractivity contribution in [3.63, 3.8) is 0 Å². The van der Waals surface area contributed by atoms with Crippen LogP contribution in [0.5, 0.6) is 5.75 Å². The van der Waals surface area contributed by atoms with Crippen molar-refractivity contribution in [3.05, 3.63) is 59.2 Å². The van der Waals surface area contributed by atoms with E-state index in [1.807, 2.05) is 0 Å². The van der Waals surface area contributed by atoms with Gasteiger partial charge in [-0.25, -0.2) is 0 Å². The molecule has 162 valence electrons. The maximum absolute atomic E-state index is 10.2. The van der Waals surface area contributed by atoms with Gasteiger partial charge in [0.15, 0.2) is 4.93 Å². The van der Waals surface area contributed by atoms with Crippen LogP contribution in [0.4, 0.5) is 0 Å². The number of benzene rings is 2. The van der Waals surface area contributed by atoms with E-state index in [4.69, 9.17) is 4.74 Å². The van der Waals surface area contributed by atoms with Crippen LogP contribution in [0.25, 0.3) is 0 Å². The van der Waals surface area contributed by atoms with Gasteiger partial charge in [-0.2, -0.15) is 0 Å². The van der Waals surface area contributed by atoms with E-state index in [0.717, 1.165) is 31.4 Å². The lowest BCUT2D eigenvalue weighted by Crippen LogP contribution is -2.32. The highest BCUT2D eigenvalue weighted by molar-refractivity contribution is 8.00. The first kappa shape index (κ1) is 21.7. The molecule has 2 unspecified atom stereocenters. The van der Waals surface area contributed by atoms with Crippen molar-refractivity contribution < 1.29 is 9.84 Å². The number of nitrogens with zero attached hydrogens (tertiary/aromatic N) is 1. The van der Waals surface area contributed by atoms with Crippen LogP contribution in [0.3, 0.4) is 0 Å². The number of aliphatic hydroxyl groups excluding tert-OH is 1. The maximum atomic E-state index is 10.2. The summed E-state index contributed by atoms with van der Waals surface area (Å²) in [5, 5.41) is 10.2. The van der Waals surface area contributed by atoms with Crippen molar-refractivity contribution in [2.24, 2.45) is 0 Å². The summed E-state index contributed by atoms with van der Waals surface area (Å²) in [5.74, 6) is 0.987. The summed E-state index contributed by atoms with van der Waals surface area (Å²) in [7, 11) is 0. The van der Waals surface area contributed by atoms with E-state index in [-0.39, 0.29) is 11.7 Å². The maximum Gasteiger partial charge on any atom is 0.153 e. The Morgan fingerprint density at radius 1 is 1.07 bits per heavy atom. The van der Waals surface area contributed by atoms with Crippen molar-refractivity contribution in [1.29, 1.82) is 0 Å². The van der Waals surface area contributed by atoms with Crippen molar-refractivity contribution >= 4 is 11.8 Å². The van der Waals surface area contributed by atoms with Crippen molar-refractivity contribution in [1.82, 2.24) is 4.90 Å². The number of aryl methyl sites for hydroxylation is 2. The molecule has 1 saturated heterocycles. The Kier molecular flexibility index (Phi) is 6.76. The largest absolute Gasteiger partial charge is 0.476 e. The molecule has 2 aromatic carbocycles. The number of hydrogen-bond donors (Lipinski definition) is 1. The van der Waals surface area contributed by atoms with Gasteiger partial charge >= 0.3 is 0 Å². The third kappa shape index (κ3) is 4.87. The Hall–Kier alpha value is -1.49. The van der Waals surface area contributed by atoms with Crippen LogP contribution >= 0.6 is 11.8 Å². The Morgan fingerprint density at radius 3 is 2.50 bits per heavy atom. The van der Waals surface area contributed by atoms with Gasteiger partial charge in [0.25, 0.3) is 0 Å². The predicted octanol–water partition coefficient (Wildman–Crippen LogP) is 6.34. The molecule has 0 bridgehead atoms. The molecule has 2 atom stereocenters. The fourth-order valence-electron chi connectivity index (χ4n) is 4.85. The topological polar surface area (TPSA) is 32.7 Å². The van der Waals surface area contributed by atoms with Gasteiger partial charge < -0.3 is 9.84 Å². The van der Waals surface area contributed by atoms with Gasteiger partial charge in [0.05, 0.1) is 11.6 Å². The molecule has 2 aliphatic rings.